The summed E-state index contributed by atoms with van der Waals surface area (Å²) in [5.74, 6) is -0.803. The molecule has 0 aromatic heterocycles. The maximum atomic E-state index is 10.4. The van der Waals surface area contributed by atoms with E-state index < -0.39 is 24.3 Å². The largest absolute Gasteiger partial charge is 0.481 e. The fourth-order valence-corrected chi connectivity index (χ4v) is 2.22. The molecule has 5 heteroatoms. The van der Waals surface area contributed by atoms with Crippen molar-refractivity contribution in [2.75, 3.05) is 0 Å². The smallest absolute Gasteiger partial charge is 0.303 e. The minimum Gasteiger partial charge on any atom is -0.481 e. The molecule has 0 bridgehead atoms. The molecule has 0 aliphatic heterocycles. The molecule has 3 atom stereocenters. The standard InChI is InChI=1S/C18H32O5/c1-2-3-4-5-6-9-12-16(20)17(21)14-15(19)11-8-7-10-13-18(22)23/h3-4,6,9,15-17,19-21H,2,5,7-8,10-14H2,1H3,(H,22,23)/b4-3-,9-6-/t15-,16+,17+/m1/s1. The average Bonchev–Trinajstić information content (AvgIpc) is 2.49. The number of carboxylic acid groups (broad SMARTS) is 1. The van der Waals surface area contributed by atoms with Gasteiger partial charge in [-0.1, -0.05) is 44.1 Å². The molecule has 5 nitrogen and oxygen atoms in total. The van der Waals surface area contributed by atoms with Crippen molar-refractivity contribution in [3.63, 3.8) is 0 Å². The van der Waals surface area contributed by atoms with E-state index in [4.69, 9.17) is 5.11 Å². The summed E-state index contributed by atoms with van der Waals surface area (Å²) in [7, 11) is 0. The van der Waals surface area contributed by atoms with Crippen molar-refractivity contribution in [3.8, 4) is 0 Å². The lowest BCUT2D eigenvalue weighted by molar-refractivity contribution is -0.137. The molecule has 0 spiro atoms. The Morgan fingerprint density at radius 1 is 0.957 bits per heavy atom. The number of unbranched alkanes of at least 4 members (excludes halogenated alkanes) is 2. The average molecular weight is 328 g/mol. The fourth-order valence-electron chi connectivity index (χ4n) is 2.22. The summed E-state index contributed by atoms with van der Waals surface area (Å²) in [4.78, 5) is 10.4. The number of aliphatic carboxylic acids is 1. The summed E-state index contributed by atoms with van der Waals surface area (Å²) in [6.07, 6.45) is 10.5. The minimum absolute atomic E-state index is 0.143. The normalized spacial score (nSPS) is 16.0. The second kappa shape index (κ2) is 14.4. The highest BCUT2D eigenvalue weighted by molar-refractivity contribution is 5.66. The van der Waals surface area contributed by atoms with E-state index in [-0.39, 0.29) is 12.8 Å². The van der Waals surface area contributed by atoms with Crippen LogP contribution in [-0.4, -0.2) is 44.7 Å². The lowest BCUT2D eigenvalue weighted by Crippen LogP contribution is -2.29. The number of rotatable bonds is 14. The van der Waals surface area contributed by atoms with E-state index in [2.05, 4.69) is 13.0 Å². The van der Waals surface area contributed by atoms with Crippen LogP contribution in [0.15, 0.2) is 24.3 Å². The molecule has 4 N–H and O–H groups in total. The summed E-state index contributed by atoms with van der Waals surface area (Å²) in [5, 5.41) is 38.1. The van der Waals surface area contributed by atoms with Crippen molar-refractivity contribution in [2.24, 2.45) is 0 Å². The van der Waals surface area contributed by atoms with Crippen LogP contribution in [0.5, 0.6) is 0 Å². The molecule has 0 saturated heterocycles. The van der Waals surface area contributed by atoms with Crippen molar-refractivity contribution in [1.29, 1.82) is 0 Å². The van der Waals surface area contributed by atoms with E-state index in [0.717, 1.165) is 25.7 Å². The molecule has 0 heterocycles. The highest BCUT2D eigenvalue weighted by atomic mass is 16.4. The number of aliphatic hydroxyl groups excluding tert-OH is 3. The third kappa shape index (κ3) is 14.2. The number of carbonyl (C=O) groups is 1. The van der Waals surface area contributed by atoms with Gasteiger partial charge in [-0.3, -0.25) is 4.79 Å². The first-order valence-electron chi connectivity index (χ1n) is 8.53. The first-order chi connectivity index (χ1) is 11.0. The van der Waals surface area contributed by atoms with Gasteiger partial charge >= 0.3 is 5.97 Å². The number of carboxylic acids is 1. The fraction of sp³-hybridized carbons (Fsp3) is 0.722. The third-order valence-corrected chi connectivity index (χ3v) is 3.60. The second-order valence-electron chi connectivity index (χ2n) is 5.84. The van der Waals surface area contributed by atoms with Crippen LogP contribution >= 0.6 is 0 Å². The van der Waals surface area contributed by atoms with Crippen LogP contribution in [0.25, 0.3) is 0 Å². The van der Waals surface area contributed by atoms with Gasteiger partial charge in [-0.25, -0.2) is 0 Å². The van der Waals surface area contributed by atoms with E-state index in [1.165, 1.54) is 0 Å². The molecule has 0 amide bonds. The van der Waals surface area contributed by atoms with Gasteiger partial charge in [0.05, 0.1) is 18.3 Å². The Morgan fingerprint density at radius 3 is 2.30 bits per heavy atom. The minimum atomic E-state index is -0.945. The number of hydrogen-bond acceptors (Lipinski definition) is 4. The van der Waals surface area contributed by atoms with Crippen molar-refractivity contribution in [3.05, 3.63) is 24.3 Å². The molecule has 0 rings (SSSR count). The molecule has 0 aromatic carbocycles. The lowest BCUT2D eigenvalue weighted by atomic mass is 10.00. The van der Waals surface area contributed by atoms with Crippen molar-refractivity contribution >= 4 is 5.97 Å². The molecule has 0 saturated carbocycles. The Morgan fingerprint density at radius 2 is 1.65 bits per heavy atom. The molecule has 0 aromatic rings. The van der Waals surface area contributed by atoms with Gasteiger partial charge in [0.25, 0.3) is 0 Å². The van der Waals surface area contributed by atoms with Gasteiger partial charge < -0.3 is 20.4 Å². The predicted molar refractivity (Wildman–Crippen MR) is 91.2 cm³/mol. The number of allylic oxidation sites excluding steroid dienone is 3. The Kier molecular flexibility index (Phi) is 13.7. The topological polar surface area (TPSA) is 98.0 Å². The maximum Gasteiger partial charge on any atom is 0.303 e. The molecule has 134 valence electrons. The van der Waals surface area contributed by atoms with E-state index in [0.29, 0.717) is 19.3 Å². The Bertz CT molecular complexity index is 351. The Hall–Kier alpha value is -1.17. The van der Waals surface area contributed by atoms with Crippen LogP contribution in [0, 0.1) is 0 Å². The van der Waals surface area contributed by atoms with Crippen molar-refractivity contribution in [1.82, 2.24) is 0 Å². The zero-order valence-electron chi connectivity index (χ0n) is 14.1. The molecule has 0 fully saturated rings. The summed E-state index contributed by atoms with van der Waals surface area (Å²) in [5.41, 5.74) is 0. The van der Waals surface area contributed by atoms with Crippen LogP contribution in [0.2, 0.25) is 0 Å². The lowest BCUT2D eigenvalue weighted by Gasteiger charge is -2.19. The van der Waals surface area contributed by atoms with E-state index >= 15 is 0 Å². The maximum absolute atomic E-state index is 10.4. The van der Waals surface area contributed by atoms with Crippen molar-refractivity contribution in [2.45, 2.75) is 83.0 Å². The third-order valence-electron chi connectivity index (χ3n) is 3.60. The van der Waals surface area contributed by atoms with Crippen LogP contribution in [0.1, 0.15) is 64.7 Å². The van der Waals surface area contributed by atoms with E-state index in [1.54, 1.807) is 0 Å². The predicted octanol–water partition coefficient (Wildman–Crippen LogP) is 2.80. The van der Waals surface area contributed by atoms with Gasteiger partial charge in [0, 0.05) is 12.8 Å². The Labute approximate surface area is 139 Å². The highest BCUT2D eigenvalue weighted by Crippen LogP contribution is 2.13. The van der Waals surface area contributed by atoms with Crippen LogP contribution in [-0.2, 0) is 4.79 Å². The summed E-state index contributed by atoms with van der Waals surface area (Å²) < 4.78 is 0. The molecule has 0 aliphatic carbocycles. The molecule has 23 heavy (non-hydrogen) atoms. The zero-order chi connectivity index (χ0) is 17.5. The van der Waals surface area contributed by atoms with Crippen LogP contribution < -0.4 is 0 Å². The number of aliphatic hydroxyl groups is 3. The molecular weight excluding hydrogens is 296 g/mol. The molecule has 0 aliphatic rings. The highest BCUT2D eigenvalue weighted by Gasteiger charge is 2.18. The first-order valence-corrected chi connectivity index (χ1v) is 8.53. The van der Waals surface area contributed by atoms with Gasteiger partial charge in [-0.2, -0.15) is 0 Å². The molecule has 0 radical (unpaired) electrons. The number of hydrogen-bond donors (Lipinski definition) is 4. The van der Waals surface area contributed by atoms with Crippen molar-refractivity contribution < 1.29 is 25.2 Å². The van der Waals surface area contributed by atoms with Crippen LogP contribution in [0.4, 0.5) is 0 Å². The van der Waals surface area contributed by atoms with Gasteiger partial charge in [-0.15, -0.1) is 0 Å². The SMILES string of the molecule is CC/C=C\C/C=C\C[C@H](O)[C@@H](O)C[C@H](O)CCCCCC(=O)O. The summed E-state index contributed by atoms with van der Waals surface area (Å²) in [6, 6.07) is 0. The monoisotopic (exact) mass is 328 g/mol. The summed E-state index contributed by atoms with van der Waals surface area (Å²) >= 11 is 0. The zero-order valence-corrected chi connectivity index (χ0v) is 14.1. The quantitative estimate of drug-likeness (QED) is 0.290. The summed E-state index contributed by atoms with van der Waals surface area (Å²) in [6.45, 7) is 2.07. The molecule has 0 unspecified atom stereocenters. The van der Waals surface area contributed by atoms with E-state index in [9.17, 15) is 20.1 Å². The first kappa shape index (κ1) is 21.8. The second-order valence-corrected chi connectivity index (χ2v) is 5.84. The Balaban J connectivity index is 3.77. The molecular formula is C18H32O5. The van der Waals surface area contributed by atoms with Gasteiger partial charge in [0.2, 0.25) is 0 Å². The van der Waals surface area contributed by atoms with Gasteiger partial charge in [0.15, 0.2) is 0 Å². The van der Waals surface area contributed by atoms with Crippen LogP contribution in [0.3, 0.4) is 0 Å². The van der Waals surface area contributed by atoms with Gasteiger partial charge in [-0.05, 0) is 32.1 Å². The van der Waals surface area contributed by atoms with Gasteiger partial charge in [0.1, 0.15) is 0 Å². The van der Waals surface area contributed by atoms with E-state index in [1.807, 2.05) is 18.2 Å².